The molecule has 0 bridgehead atoms. The number of hydrogen-bond acceptors (Lipinski definition) is 6. The zero-order chi connectivity index (χ0) is 25.3. The van der Waals surface area contributed by atoms with E-state index < -0.39 is 11.7 Å². The first kappa shape index (κ1) is 26.1. The highest BCUT2D eigenvalue weighted by Gasteiger charge is 2.32. The second-order valence-electron chi connectivity index (χ2n) is 9.28. The molecule has 0 radical (unpaired) electrons. The van der Waals surface area contributed by atoms with E-state index in [1.165, 1.54) is 22.3 Å². The summed E-state index contributed by atoms with van der Waals surface area (Å²) in [5, 5.41) is 7.82. The van der Waals surface area contributed by atoms with E-state index in [-0.39, 0.29) is 5.91 Å². The molecule has 1 amide bonds. The summed E-state index contributed by atoms with van der Waals surface area (Å²) in [7, 11) is 0. The zero-order valence-corrected chi connectivity index (χ0v) is 22.0. The third-order valence-corrected chi connectivity index (χ3v) is 8.64. The van der Waals surface area contributed by atoms with Gasteiger partial charge in [-0.1, -0.05) is 6.92 Å². The van der Waals surface area contributed by atoms with Crippen LogP contribution in [0.3, 0.4) is 0 Å². The van der Waals surface area contributed by atoms with Gasteiger partial charge < -0.3 is 10.6 Å². The molecule has 1 aliphatic rings. The fraction of sp³-hybridized carbons (Fsp3) is 0.520. The molecule has 0 aliphatic carbocycles. The van der Waals surface area contributed by atoms with Gasteiger partial charge in [-0.05, 0) is 57.4 Å². The van der Waals surface area contributed by atoms with Crippen LogP contribution in [0.25, 0.3) is 20.8 Å². The smallest absolute Gasteiger partial charge is 0.317 e. The summed E-state index contributed by atoms with van der Waals surface area (Å²) >= 11 is 2.93. The van der Waals surface area contributed by atoms with Crippen molar-refractivity contribution in [1.29, 1.82) is 0 Å². The number of carbonyl (C=O) groups excluding carboxylic acids is 1. The molecule has 4 rings (SSSR count). The number of benzene rings is 1. The fourth-order valence-corrected chi connectivity index (χ4v) is 6.53. The van der Waals surface area contributed by atoms with Crippen LogP contribution in [0.2, 0.25) is 0 Å². The molecular formula is C25H31F3N4OS2. The molecular weight excluding hydrogens is 493 g/mol. The Balaban J connectivity index is 1.68. The van der Waals surface area contributed by atoms with E-state index in [9.17, 15) is 18.0 Å². The predicted octanol–water partition coefficient (Wildman–Crippen LogP) is 6.53. The summed E-state index contributed by atoms with van der Waals surface area (Å²) in [5.74, 6) is -0.0816. The maximum atomic E-state index is 13.2. The van der Waals surface area contributed by atoms with Crippen molar-refractivity contribution in [2.75, 3.05) is 18.4 Å². The molecule has 190 valence electrons. The molecule has 1 unspecified atom stereocenters. The summed E-state index contributed by atoms with van der Waals surface area (Å²) in [6.45, 7) is 10.8. The third-order valence-electron chi connectivity index (χ3n) is 6.46. The van der Waals surface area contributed by atoms with Crippen molar-refractivity contribution < 1.29 is 18.0 Å². The van der Waals surface area contributed by atoms with Gasteiger partial charge in [0.05, 0.1) is 15.8 Å². The van der Waals surface area contributed by atoms with E-state index in [1.807, 2.05) is 0 Å². The van der Waals surface area contributed by atoms with Crippen LogP contribution >= 0.6 is 22.7 Å². The molecule has 1 aromatic carbocycles. The maximum Gasteiger partial charge on any atom is 0.416 e. The number of hydrogen-bond donors (Lipinski definition) is 2. The largest absolute Gasteiger partial charge is 0.416 e. The predicted molar refractivity (Wildman–Crippen MR) is 138 cm³/mol. The van der Waals surface area contributed by atoms with Crippen molar-refractivity contribution >= 4 is 43.8 Å². The van der Waals surface area contributed by atoms with Gasteiger partial charge in [-0.15, -0.1) is 22.7 Å². The number of rotatable bonds is 8. The molecule has 3 heterocycles. The van der Waals surface area contributed by atoms with E-state index in [4.69, 9.17) is 0 Å². The van der Waals surface area contributed by atoms with Crippen molar-refractivity contribution in [3.63, 3.8) is 0 Å². The number of nitrogens with one attached hydrogen (secondary N) is 2. The van der Waals surface area contributed by atoms with E-state index in [2.05, 4.69) is 48.2 Å². The lowest BCUT2D eigenvalue weighted by molar-refractivity contribution is -0.137. The Bertz CT molecular complexity index is 1200. The molecule has 3 aromatic rings. The van der Waals surface area contributed by atoms with Crippen LogP contribution in [0.1, 0.15) is 56.5 Å². The van der Waals surface area contributed by atoms with Crippen molar-refractivity contribution in [3.8, 4) is 10.6 Å². The van der Waals surface area contributed by atoms with Crippen molar-refractivity contribution in [3.05, 3.63) is 34.2 Å². The van der Waals surface area contributed by atoms with Gasteiger partial charge in [0.25, 0.3) is 0 Å². The van der Waals surface area contributed by atoms with Gasteiger partial charge in [0.1, 0.15) is 10.0 Å². The number of thiazole rings is 1. The second-order valence-corrected chi connectivity index (χ2v) is 11.4. The van der Waals surface area contributed by atoms with Crippen LogP contribution < -0.4 is 10.6 Å². The van der Waals surface area contributed by atoms with Crippen LogP contribution in [-0.2, 0) is 23.9 Å². The highest BCUT2D eigenvalue weighted by atomic mass is 32.1. The number of amides is 1. The van der Waals surface area contributed by atoms with Crippen LogP contribution in [0, 0.1) is 0 Å². The highest BCUT2D eigenvalue weighted by Crippen LogP contribution is 2.46. The molecule has 10 heteroatoms. The molecule has 2 aromatic heterocycles. The quantitative estimate of drug-likeness (QED) is 0.352. The Morgan fingerprint density at radius 1 is 1.23 bits per heavy atom. The highest BCUT2D eigenvalue weighted by molar-refractivity contribution is 7.23. The van der Waals surface area contributed by atoms with E-state index in [1.54, 1.807) is 11.3 Å². The monoisotopic (exact) mass is 524 g/mol. The van der Waals surface area contributed by atoms with Crippen LogP contribution in [0.4, 0.5) is 18.2 Å². The molecule has 5 nitrogen and oxygen atoms in total. The van der Waals surface area contributed by atoms with Gasteiger partial charge >= 0.3 is 6.18 Å². The molecule has 0 spiro atoms. The van der Waals surface area contributed by atoms with Gasteiger partial charge in [-0.2, -0.15) is 13.2 Å². The number of aromatic nitrogens is 1. The average molecular weight is 525 g/mol. The number of fused-ring (bicyclic) bond motifs is 2. The molecule has 0 saturated heterocycles. The molecule has 2 N–H and O–H groups in total. The van der Waals surface area contributed by atoms with E-state index in [0.717, 1.165) is 54.2 Å². The fourth-order valence-electron chi connectivity index (χ4n) is 4.15. The molecule has 1 atom stereocenters. The average Bonchev–Trinajstić information content (AvgIpc) is 3.37. The van der Waals surface area contributed by atoms with E-state index in [0.29, 0.717) is 40.3 Å². The molecule has 1 aliphatic heterocycles. The number of nitrogens with zero attached hydrogens (tertiary/aromatic N) is 2. The summed E-state index contributed by atoms with van der Waals surface area (Å²) in [5.41, 5.74) is 1.64. The third kappa shape index (κ3) is 5.87. The molecule has 0 saturated carbocycles. The van der Waals surface area contributed by atoms with Gasteiger partial charge in [-0.3, -0.25) is 9.69 Å². The molecule has 35 heavy (non-hydrogen) atoms. The van der Waals surface area contributed by atoms with Crippen LogP contribution in [0.5, 0.6) is 0 Å². The van der Waals surface area contributed by atoms with Crippen molar-refractivity contribution in [1.82, 2.24) is 15.2 Å². The maximum absolute atomic E-state index is 13.2. The standard InChI is InChI=1S/C25H31F3N4OS2/c1-5-15(4)29-10-8-21(33)31-24-22(17-9-11-32(14(2)3)13-20(17)35-24)23-30-18-12-16(25(26,27)28)6-7-19(18)34-23/h6-7,12,14-15,29H,5,8-11,13H2,1-4H3,(H,31,33). The van der Waals surface area contributed by atoms with Crippen molar-refractivity contribution in [2.24, 2.45) is 0 Å². The zero-order valence-electron chi connectivity index (χ0n) is 20.4. The minimum Gasteiger partial charge on any atom is -0.317 e. The summed E-state index contributed by atoms with van der Waals surface area (Å²) in [4.78, 5) is 21.0. The van der Waals surface area contributed by atoms with Crippen LogP contribution in [0.15, 0.2) is 18.2 Å². The number of alkyl halides is 3. The molecule has 0 fully saturated rings. The minimum absolute atomic E-state index is 0.0816. The Morgan fingerprint density at radius 3 is 2.69 bits per heavy atom. The second kappa shape index (κ2) is 10.5. The minimum atomic E-state index is -4.41. The Labute approximate surface area is 211 Å². The first-order chi connectivity index (χ1) is 16.6. The van der Waals surface area contributed by atoms with Gasteiger partial charge in [0.15, 0.2) is 0 Å². The van der Waals surface area contributed by atoms with Gasteiger partial charge in [0.2, 0.25) is 5.91 Å². The lowest BCUT2D eigenvalue weighted by Gasteiger charge is -2.30. The van der Waals surface area contributed by atoms with Crippen LogP contribution in [-0.4, -0.2) is 41.0 Å². The van der Waals surface area contributed by atoms with E-state index >= 15 is 0 Å². The summed E-state index contributed by atoms with van der Waals surface area (Å²) in [6, 6.07) is 4.44. The Hall–Kier alpha value is -2.01. The van der Waals surface area contributed by atoms with Crippen molar-refractivity contribution in [2.45, 2.75) is 71.8 Å². The first-order valence-electron chi connectivity index (χ1n) is 12.0. The SMILES string of the molecule is CCC(C)NCCC(=O)Nc1sc2c(c1-c1nc3cc(C(F)(F)F)ccc3s1)CCN(C(C)C)C2. The number of thiophene rings is 1. The topological polar surface area (TPSA) is 57.3 Å². The number of halogens is 3. The normalized spacial score (nSPS) is 15.5. The lowest BCUT2D eigenvalue weighted by atomic mass is 10.0. The lowest BCUT2D eigenvalue weighted by Crippen LogP contribution is -2.35. The Kier molecular flexibility index (Phi) is 7.85. The Morgan fingerprint density at radius 2 is 2.00 bits per heavy atom. The summed E-state index contributed by atoms with van der Waals surface area (Å²) < 4.78 is 40.4. The van der Waals surface area contributed by atoms with Gasteiger partial charge in [0, 0.05) is 48.6 Å². The van der Waals surface area contributed by atoms with Gasteiger partial charge in [-0.25, -0.2) is 4.98 Å². The number of anilines is 1. The summed E-state index contributed by atoms with van der Waals surface area (Å²) in [6.07, 6.45) is -2.26. The number of carbonyl (C=O) groups is 1. The first-order valence-corrected chi connectivity index (χ1v) is 13.6.